The van der Waals surface area contributed by atoms with Crippen LogP contribution in [0.4, 0.5) is 0 Å². The van der Waals surface area contributed by atoms with Crippen LogP contribution in [-0.2, 0) is 10.1 Å². The van der Waals surface area contributed by atoms with Crippen LogP contribution in [-0.4, -0.2) is 32.6 Å². The lowest BCUT2D eigenvalue weighted by atomic mass is 9.90. The van der Waals surface area contributed by atoms with Gasteiger partial charge >= 0.3 is 10.1 Å². The van der Waals surface area contributed by atoms with Crippen LogP contribution in [0.3, 0.4) is 0 Å². The summed E-state index contributed by atoms with van der Waals surface area (Å²) in [6, 6.07) is 17.2. The number of rotatable bonds is 5. The van der Waals surface area contributed by atoms with E-state index < -0.39 is 10.1 Å². The van der Waals surface area contributed by atoms with Crippen LogP contribution >= 0.6 is 0 Å². The molecule has 1 N–H and O–H groups in total. The zero-order chi connectivity index (χ0) is 20.6. The first kappa shape index (κ1) is 18.9. The SMILES string of the molecule is O=S(=O)(Oc1ccc2c(c1)C1CCNCC1O2)c1ccc(Oc2ccccc2)nc1. The highest BCUT2D eigenvalue weighted by Gasteiger charge is 2.36. The van der Waals surface area contributed by atoms with Gasteiger partial charge in [-0.05, 0) is 49.4 Å². The molecule has 0 spiro atoms. The van der Waals surface area contributed by atoms with E-state index in [4.69, 9.17) is 13.7 Å². The molecule has 3 heterocycles. The van der Waals surface area contributed by atoms with Crippen molar-refractivity contribution in [1.82, 2.24) is 10.3 Å². The second-order valence-corrected chi connectivity index (χ2v) is 8.79. The second kappa shape index (κ2) is 7.62. The largest absolute Gasteiger partial charge is 0.488 e. The molecule has 2 aliphatic rings. The lowest BCUT2D eigenvalue weighted by Gasteiger charge is -2.24. The normalized spacial score (nSPS) is 20.0. The van der Waals surface area contributed by atoms with Crippen LogP contribution in [0.5, 0.6) is 23.1 Å². The molecule has 7 nitrogen and oxygen atoms in total. The van der Waals surface area contributed by atoms with E-state index in [9.17, 15) is 8.42 Å². The van der Waals surface area contributed by atoms with Crippen LogP contribution in [0.25, 0.3) is 0 Å². The van der Waals surface area contributed by atoms with E-state index in [0.29, 0.717) is 11.6 Å². The maximum atomic E-state index is 12.7. The zero-order valence-corrected chi connectivity index (χ0v) is 16.8. The predicted molar refractivity (Wildman–Crippen MR) is 110 cm³/mol. The van der Waals surface area contributed by atoms with Crippen LogP contribution in [0.2, 0.25) is 0 Å². The number of hydrogen-bond acceptors (Lipinski definition) is 7. The molecule has 0 bridgehead atoms. The molecule has 0 amide bonds. The van der Waals surface area contributed by atoms with E-state index in [2.05, 4.69) is 10.3 Å². The van der Waals surface area contributed by atoms with Crippen molar-refractivity contribution in [2.75, 3.05) is 13.1 Å². The third-order valence-corrected chi connectivity index (χ3v) is 6.49. The van der Waals surface area contributed by atoms with Crippen LogP contribution in [0.1, 0.15) is 17.9 Å². The number of piperidine rings is 1. The number of pyridine rings is 1. The molecule has 2 unspecified atom stereocenters. The highest BCUT2D eigenvalue weighted by Crippen LogP contribution is 2.43. The summed E-state index contributed by atoms with van der Waals surface area (Å²) in [7, 11) is -4.02. The average molecular weight is 424 g/mol. The first-order valence-corrected chi connectivity index (χ1v) is 11.1. The summed E-state index contributed by atoms with van der Waals surface area (Å²) in [6.45, 7) is 1.70. The minimum atomic E-state index is -4.02. The maximum absolute atomic E-state index is 12.7. The van der Waals surface area contributed by atoms with E-state index in [1.54, 1.807) is 30.3 Å². The summed E-state index contributed by atoms with van der Waals surface area (Å²) < 4.78 is 42.3. The molecule has 0 aliphatic carbocycles. The quantitative estimate of drug-likeness (QED) is 0.628. The molecular weight excluding hydrogens is 404 g/mol. The fourth-order valence-electron chi connectivity index (χ4n) is 3.81. The molecule has 2 aliphatic heterocycles. The molecule has 2 aromatic carbocycles. The van der Waals surface area contributed by atoms with Gasteiger partial charge < -0.3 is 19.0 Å². The topological polar surface area (TPSA) is 86.8 Å². The lowest BCUT2D eigenvalue weighted by molar-refractivity contribution is 0.177. The van der Waals surface area contributed by atoms with Crippen molar-refractivity contribution in [2.45, 2.75) is 23.3 Å². The van der Waals surface area contributed by atoms with Crippen LogP contribution in [0.15, 0.2) is 71.8 Å². The van der Waals surface area contributed by atoms with Gasteiger partial charge in [0.25, 0.3) is 0 Å². The predicted octanol–water partition coefficient (Wildman–Crippen LogP) is 3.48. The Balaban J connectivity index is 1.33. The van der Waals surface area contributed by atoms with Gasteiger partial charge in [0.15, 0.2) is 0 Å². The van der Waals surface area contributed by atoms with Gasteiger partial charge in [0.1, 0.15) is 28.2 Å². The Morgan fingerprint density at radius 1 is 1.03 bits per heavy atom. The van der Waals surface area contributed by atoms with E-state index in [0.717, 1.165) is 30.8 Å². The number of aromatic nitrogens is 1. The minimum Gasteiger partial charge on any atom is -0.488 e. The summed E-state index contributed by atoms with van der Waals surface area (Å²) in [5, 5.41) is 3.32. The number of hydrogen-bond donors (Lipinski definition) is 1. The summed E-state index contributed by atoms with van der Waals surface area (Å²) in [6.07, 6.45) is 2.26. The Labute approximate surface area is 174 Å². The van der Waals surface area contributed by atoms with E-state index >= 15 is 0 Å². The third kappa shape index (κ3) is 3.71. The highest BCUT2D eigenvalue weighted by atomic mass is 32.2. The van der Waals surface area contributed by atoms with Gasteiger partial charge in [-0.2, -0.15) is 8.42 Å². The lowest BCUT2D eigenvalue weighted by Crippen LogP contribution is -2.39. The molecule has 3 aromatic rings. The molecule has 8 heteroatoms. The van der Waals surface area contributed by atoms with Crippen molar-refractivity contribution in [1.29, 1.82) is 0 Å². The smallest absolute Gasteiger partial charge is 0.340 e. The minimum absolute atomic E-state index is 0.0422. The van der Waals surface area contributed by atoms with E-state index in [1.807, 2.05) is 18.2 Å². The first-order chi connectivity index (χ1) is 14.6. The molecular formula is C22H20N2O5S. The van der Waals surface area contributed by atoms with Crippen molar-refractivity contribution in [2.24, 2.45) is 0 Å². The van der Waals surface area contributed by atoms with E-state index in [1.165, 1.54) is 18.3 Å². The second-order valence-electron chi connectivity index (χ2n) is 7.24. The van der Waals surface area contributed by atoms with Crippen molar-refractivity contribution < 1.29 is 22.1 Å². The molecule has 2 atom stereocenters. The fourth-order valence-corrected chi connectivity index (χ4v) is 4.68. The molecule has 1 aromatic heterocycles. The fraction of sp³-hybridized carbons (Fsp3) is 0.227. The molecule has 1 saturated heterocycles. The molecule has 0 saturated carbocycles. The standard InChI is InChI=1S/C22H20N2O5S/c25-30(26,17-7-9-22(24-13-17)27-15-4-2-1-3-5-15)29-16-6-8-20-19(12-16)18-10-11-23-14-21(18)28-20/h1-9,12-13,18,21,23H,10-11,14H2. The maximum Gasteiger partial charge on any atom is 0.340 e. The van der Waals surface area contributed by atoms with Crippen LogP contribution < -0.4 is 19.0 Å². The first-order valence-electron chi connectivity index (χ1n) is 9.73. The highest BCUT2D eigenvalue weighted by molar-refractivity contribution is 7.87. The number of para-hydroxylation sites is 1. The third-order valence-electron chi connectivity index (χ3n) is 5.25. The van der Waals surface area contributed by atoms with Gasteiger partial charge in [-0.3, -0.25) is 0 Å². The average Bonchev–Trinajstić information content (AvgIpc) is 3.13. The summed E-state index contributed by atoms with van der Waals surface area (Å²) in [4.78, 5) is 4.04. The van der Waals surface area contributed by atoms with Crippen molar-refractivity contribution >= 4 is 10.1 Å². The number of fused-ring (bicyclic) bond motifs is 3. The molecule has 0 radical (unpaired) electrons. The van der Waals surface area contributed by atoms with Gasteiger partial charge in [-0.1, -0.05) is 18.2 Å². The van der Waals surface area contributed by atoms with Gasteiger partial charge in [0.2, 0.25) is 5.88 Å². The van der Waals surface area contributed by atoms with Gasteiger partial charge in [-0.15, -0.1) is 0 Å². The number of benzene rings is 2. The van der Waals surface area contributed by atoms with E-state index in [-0.39, 0.29) is 22.7 Å². The van der Waals surface area contributed by atoms with Crippen molar-refractivity contribution in [3.8, 4) is 23.1 Å². The van der Waals surface area contributed by atoms with Crippen LogP contribution in [0, 0.1) is 0 Å². The number of nitrogens with one attached hydrogen (secondary N) is 1. The van der Waals surface area contributed by atoms with Gasteiger partial charge in [0, 0.05) is 24.1 Å². The summed E-state index contributed by atoms with van der Waals surface area (Å²) in [5.41, 5.74) is 0.999. The molecule has 1 fully saturated rings. The number of nitrogens with zero attached hydrogens (tertiary/aromatic N) is 1. The van der Waals surface area contributed by atoms with Crippen molar-refractivity contribution in [3.63, 3.8) is 0 Å². The Bertz CT molecular complexity index is 1150. The zero-order valence-electron chi connectivity index (χ0n) is 16.0. The Hall–Kier alpha value is -3.10. The Morgan fingerprint density at radius 2 is 1.90 bits per heavy atom. The molecule has 5 rings (SSSR count). The molecule has 30 heavy (non-hydrogen) atoms. The Kier molecular flexibility index (Phi) is 4.80. The summed E-state index contributed by atoms with van der Waals surface area (Å²) >= 11 is 0. The Morgan fingerprint density at radius 3 is 2.70 bits per heavy atom. The van der Waals surface area contributed by atoms with Crippen molar-refractivity contribution in [3.05, 3.63) is 72.4 Å². The monoisotopic (exact) mass is 424 g/mol. The summed E-state index contributed by atoms with van der Waals surface area (Å²) in [5.74, 6) is 2.23. The number of ether oxygens (including phenoxy) is 2. The van der Waals surface area contributed by atoms with Gasteiger partial charge in [-0.25, -0.2) is 4.98 Å². The molecule has 154 valence electrons. The van der Waals surface area contributed by atoms with Gasteiger partial charge in [0.05, 0.1) is 6.20 Å².